The van der Waals surface area contributed by atoms with Crippen LogP contribution in [0.25, 0.3) is 10.9 Å². The lowest BCUT2D eigenvalue weighted by Crippen LogP contribution is -2.27. The molecule has 1 aliphatic rings. The largest absolute Gasteiger partial charge is 0.497 e. The second-order valence-corrected chi connectivity index (χ2v) is 6.01. The van der Waals surface area contributed by atoms with Gasteiger partial charge in [-0.1, -0.05) is 18.2 Å². The van der Waals surface area contributed by atoms with E-state index in [9.17, 15) is 4.79 Å². The van der Waals surface area contributed by atoms with Gasteiger partial charge in [-0.25, -0.2) is 0 Å². The molecule has 4 nitrogen and oxygen atoms in total. The van der Waals surface area contributed by atoms with Gasteiger partial charge in [0.2, 0.25) is 5.91 Å². The van der Waals surface area contributed by atoms with Crippen LogP contribution >= 0.6 is 0 Å². The third-order valence-electron chi connectivity index (χ3n) is 4.64. The highest BCUT2D eigenvalue weighted by Crippen LogP contribution is 2.51. The van der Waals surface area contributed by atoms with Crippen LogP contribution in [0.3, 0.4) is 0 Å². The normalized spacial score (nSPS) is 15.3. The Hall–Kier alpha value is -2.75. The van der Waals surface area contributed by atoms with Crippen LogP contribution in [0.15, 0.2) is 54.7 Å². The molecule has 0 saturated heterocycles. The second kappa shape index (κ2) is 5.16. The molecule has 0 radical (unpaired) electrons. The number of methoxy groups -OCH3 is 1. The number of anilines is 1. The van der Waals surface area contributed by atoms with Crippen molar-refractivity contribution in [3.05, 3.63) is 60.3 Å². The second-order valence-electron chi connectivity index (χ2n) is 6.01. The maximum Gasteiger partial charge on any atom is 0.235 e. The molecule has 2 aromatic carbocycles. The highest BCUT2D eigenvalue weighted by Gasteiger charge is 2.52. The fraction of sp³-hybridized carbons (Fsp3) is 0.211. The summed E-state index contributed by atoms with van der Waals surface area (Å²) in [6, 6.07) is 15.5. The number of ether oxygens (including phenoxy) is 1. The Morgan fingerprint density at radius 1 is 1.13 bits per heavy atom. The number of para-hydroxylation sites is 1. The summed E-state index contributed by atoms with van der Waals surface area (Å²) in [5, 5.41) is 4.17. The molecule has 0 atom stereocenters. The van der Waals surface area contributed by atoms with E-state index in [1.165, 1.54) is 0 Å². The summed E-state index contributed by atoms with van der Waals surface area (Å²) in [5.74, 6) is 0.841. The predicted molar refractivity (Wildman–Crippen MR) is 90.8 cm³/mol. The SMILES string of the molecule is COc1ccc(NC(=O)C2(c3c[nH]c4ccccc34)CC2)cc1. The van der Waals surface area contributed by atoms with Crippen molar-refractivity contribution in [2.24, 2.45) is 0 Å². The van der Waals surface area contributed by atoms with Gasteiger partial charge in [0.25, 0.3) is 0 Å². The molecule has 3 aromatic rings. The Bertz CT molecular complexity index is 860. The van der Waals surface area contributed by atoms with Crippen LogP contribution in [-0.4, -0.2) is 18.0 Å². The molecule has 23 heavy (non-hydrogen) atoms. The zero-order valence-corrected chi connectivity index (χ0v) is 12.9. The molecular formula is C19H18N2O2. The van der Waals surface area contributed by atoms with Crippen LogP contribution in [-0.2, 0) is 10.2 Å². The van der Waals surface area contributed by atoms with Gasteiger partial charge in [0.05, 0.1) is 12.5 Å². The van der Waals surface area contributed by atoms with Crippen LogP contribution in [0.1, 0.15) is 18.4 Å². The lowest BCUT2D eigenvalue weighted by Gasteiger charge is -2.15. The molecular weight excluding hydrogens is 288 g/mol. The van der Waals surface area contributed by atoms with Crippen LogP contribution < -0.4 is 10.1 Å². The van der Waals surface area contributed by atoms with Gasteiger partial charge in [0, 0.05) is 22.8 Å². The van der Waals surface area contributed by atoms with Gasteiger partial charge in [0.15, 0.2) is 0 Å². The van der Waals surface area contributed by atoms with Crippen LogP contribution in [0.5, 0.6) is 5.75 Å². The Labute approximate surface area is 134 Å². The average molecular weight is 306 g/mol. The van der Waals surface area contributed by atoms with Crippen molar-refractivity contribution in [1.82, 2.24) is 4.98 Å². The number of aromatic amines is 1. The fourth-order valence-corrected chi connectivity index (χ4v) is 3.14. The maximum absolute atomic E-state index is 12.8. The number of amides is 1. The molecule has 1 amide bonds. The van der Waals surface area contributed by atoms with Crippen molar-refractivity contribution in [2.45, 2.75) is 18.3 Å². The van der Waals surface area contributed by atoms with Crippen LogP contribution in [0.4, 0.5) is 5.69 Å². The first kappa shape index (κ1) is 13.9. The number of carbonyl (C=O) groups is 1. The monoisotopic (exact) mass is 306 g/mol. The topological polar surface area (TPSA) is 54.1 Å². The fourth-order valence-electron chi connectivity index (χ4n) is 3.14. The first-order chi connectivity index (χ1) is 11.2. The third kappa shape index (κ3) is 2.27. The minimum absolute atomic E-state index is 0.0624. The number of aromatic nitrogens is 1. The molecule has 1 saturated carbocycles. The van der Waals surface area contributed by atoms with Gasteiger partial charge >= 0.3 is 0 Å². The summed E-state index contributed by atoms with van der Waals surface area (Å²) < 4.78 is 5.14. The summed E-state index contributed by atoms with van der Waals surface area (Å²) in [4.78, 5) is 16.1. The van der Waals surface area contributed by atoms with E-state index in [-0.39, 0.29) is 5.91 Å². The molecule has 4 heteroatoms. The van der Waals surface area contributed by atoms with Gasteiger partial charge < -0.3 is 15.0 Å². The zero-order valence-electron chi connectivity index (χ0n) is 12.9. The predicted octanol–water partition coefficient (Wildman–Crippen LogP) is 3.85. The summed E-state index contributed by atoms with van der Waals surface area (Å²) in [6.45, 7) is 0. The molecule has 1 aromatic heterocycles. The van der Waals surface area contributed by atoms with Gasteiger partial charge in [-0.3, -0.25) is 4.79 Å². The van der Waals surface area contributed by atoms with E-state index in [1.807, 2.05) is 48.7 Å². The molecule has 1 fully saturated rings. The Balaban J connectivity index is 1.62. The van der Waals surface area contributed by atoms with Crippen molar-refractivity contribution < 1.29 is 9.53 Å². The standard InChI is InChI=1S/C19H18N2O2/c1-23-14-8-6-13(7-9-14)21-18(22)19(10-11-19)16-12-20-17-5-3-2-4-15(16)17/h2-9,12,20H,10-11H2,1H3,(H,21,22). The molecule has 4 rings (SSSR count). The number of hydrogen-bond donors (Lipinski definition) is 2. The van der Waals surface area contributed by atoms with Crippen LogP contribution in [0, 0.1) is 0 Å². The van der Waals surface area contributed by atoms with Gasteiger partial charge in [0.1, 0.15) is 5.75 Å². The number of nitrogens with one attached hydrogen (secondary N) is 2. The van der Waals surface area contributed by atoms with Crippen LogP contribution in [0.2, 0.25) is 0 Å². The number of H-pyrrole nitrogens is 1. The maximum atomic E-state index is 12.8. The smallest absolute Gasteiger partial charge is 0.235 e. The molecule has 0 aliphatic heterocycles. The van der Waals surface area contributed by atoms with Gasteiger partial charge in [-0.05, 0) is 48.7 Å². The van der Waals surface area contributed by atoms with E-state index in [0.29, 0.717) is 0 Å². The average Bonchev–Trinajstić information content (AvgIpc) is 3.29. The molecule has 0 spiro atoms. The molecule has 0 bridgehead atoms. The van der Waals surface area contributed by atoms with Crippen molar-refractivity contribution in [1.29, 1.82) is 0 Å². The van der Waals surface area contributed by atoms with Crippen molar-refractivity contribution in [2.75, 3.05) is 12.4 Å². The van der Waals surface area contributed by atoms with Gasteiger partial charge in [-0.2, -0.15) is 0 Å². The minimum Gasteiger partial charge on any atom is -0.497 e. The molecule has 1 aliphatic carbocycles. The Morgan fingerprint density at radius 2 is 1.87 bits per heavy atom. The molecule has 1 heterocycles. The number of fused-ring (bicyclic) bond motifs is 1. The number of carbonyl (C=O) groups excluding carboxylic acids is 1. The number of benzene rings is 2. The van der Waals surface area contributed by atoms with E-state index >= 15 is 0 Å². The summed E-state index contributed by atoms with van der Waals surface area (Å²) in [7, 11) is 1.63. The first-order valence-electron chi connectivity index (χ1n) is 7.75. The summed E-state index contributed by atoms with van der Waals surface area (Å²) in [5.41, 5.74) is 2.56. The lowest BCUT2D eigenvalue weighted by atomic mass is 9.94. The van der Waals surface area contributed by atoms with Gasteiger partial charge in [-0.15, -0.1) is 0 Å². The molecule has 0 unspecified atom stereocenters. The molecule has 2 N–H and O–H groups in total. The van der Waals surface area contributed by atoms with Crippen molar-refractivity contribution >= 4 is 22.5 Å². The quantitative estimate of drug-likeness (QED) is 0.769. The summed E-state index contributed by atoms with van der Waals surface area (Å²) >= 11 is 0. The van der Waals surface area contributed by atoms with E-state index in [0.717, 1.165) is 40.7 Å². The highest BCUT2D eigenvalue weighted by atomic mass is 16.5. The summed E-state index contributed by atoms with van der Waals surface area (Å²) in [6.07, 6.45) is 3.75. The van der Waals surface area contributed by atoms with E-state index in [1.54, 1.807) is 7.11 Å². The minimum atomic E-state index is -0.403. The van der Waals surface area contributed by atoms with E-state index in [2.05, 4.69) is 16.4 Å². The lowest BCUT2D eigenvalue weighted by molar-refractivity contribution is -0.118. The number of rotatable bonds is 4. The third-order valence-corrected chi connectivity index (χ3v) is 4.64. The van der Waals surface area contributed by atoms with Crippen molar-refractivity contribution in [3.8, 4) is 5.75 Å². The zero-order chi connectivity index (χ0) is 15.9. The number of hydrogen-bond acceptors (Lipinski definition) is 2. The Kier molecular flexibility index (Phi) is 3.11. The van der Waals surface area contributed by atoms with Crippen molar-refractivity contribution in [3.63, 3.8) is 0 Å². The van der Waals surface area contributed by atoms with E-state index in [4.69, 9.17) is 4.74 Å². The Morgan fingerprint density at radius 3 is 2.57 bits per heavy atom. The van der Waals surface area contributed by atoms with E-state index < -0.39 is 5.41 Å². The highest BCUT2D eigenvalue weighted by molar-refractivity contribution is 6.04. The molecule has 116 valence electrons. The first-order valence-corrected chi connectivity index (χ1v) is 7.75.